The molecule has 0 bridgehead atoms. The fourth-order valence-electron chi connectivity index (χ4n) is 4.51. The first-order valence-electron chi connectivity index (χ1n) is 11.6. The third-order valence-corrected chi connectivity index (χ3v) is 7.78. The van der Waals surface area contributed by atoms with Crippen LogP contribution in [0.1, 0.15) is 12.8 Å². The van der Waals surface area contributed by atoms with Crippen LogP contribution in [0, 0.1) is 5.82 Å². The molecule has 1 aliphatic heterocycles. The molecule has 3 heterocycles. The van der Waals surface area contributed by atoms with Crippen molar-refractivity contribution in [3.63, 3.8) is 0 Å². The van der Waals surface area contributed by atoms with E-state index in [1.807, 2.05) is 12.1 Å². The number of aromatic hydroxyl groups is 1. The zero-order valence-electron chi connectivity index (χ0n) is 19.9. The normalized spacial score (nSPS) is 16.2. The molecule has 192 valence electrons. The molecular formula is C26H25ClFN5O3S. The van der Waals surface area contributed by atoms with Gasteiger partial charge in [-0.1, -0.05) is 17.7 Å². The second kappa shape index (κ2) is 9.77. The minimum atomic E-state index is -3.65. The molecule has 2 aromatic carbocycles. The van der Waals surface area contributed by atoms with Crippen molar-refractivity contribution >= 4 is 49.5 Å². The van der Waals surface area contributed by atoms with Crippen LogP contribution < -0.4 is 16.0 Å². The lowest BCUT2D eigenvalue weighted by atomic mass is 10.0. The third kappa shape index (κ3) is 5.18. The van der Waals surface area contributed by atoms with Gasteiger partial charge in [0.15, 0.2) is 21.4 Å². The lowest BCUT2D eigenvalue weighted by molar-refractivity contribution is 0.433. The molecule has 0 saturated carbocycles. The average molecular weight is 542 g/mol. The van der Waals surface area contributed by atoms with Gasteiger partial charge >= 0.3 is 0 Å². The lowest BCUT2D eigenvalue weighted by Crippen LogP contribution is -2.43. The fraction of sp³-hybridized carbons (Fsp3) is 0.231. The standard InChI is InChI=1S/C26H25ClFN5O3S/c1-37(35,36)23-13-30-22-6-4-15(16-10-20(27)26(34)21(28)11-16)9-19(22)25(23)32-18-5-7-24(31-12-18)33-8-2-3-17(29)14-33/h4-7,9-13,17,34H,2-3,8,14,29H2,1H3,(H,30,32). The molecule has 0 spiro atoms. The average Bonchev–Trinajstić information content (AvgIpc) is 2.86. The Morgan fingerprint density at radius 1 is 1.14 bits per heavy atom. The number of pyridine rings is 2. The van der Waals surface area contributed by atoms with E-state index in [1.54, 1.807) is 24.4 Å². The molecule has 1 unspecified atom stereocenters. The molecule has 0 radical (unpaired) electrons. The summed E-state index contributed by atoms with van der Waals surface area (Å²) in [6, 6.07) is 11.6. The first kappa shape index (κ1) is 25.2. The van der Waals surface area contributed by atoms with Crippen LogP contribution in [-0.2, 0) is 9.84 Å². The Labute approximate surface area is 218 Å². The highest BCUT2D eigenvalue weighted by molar-refractivity contribution is 7.90. The highest BCUT2D eigenvalue weighted by atomic mass is 35.5. The van der Waals surface area contributed by atoms with E-state index < -0.39 is 21.4 Å². The molecular weight excluding hydrogens is 517 g/mol. The molecule has 4 aromatic rings. The summed E-state index contributed by atoms with van der Waals surface area (Å²) >= 11 is 5.98. The van der Waals surface area contributed by atoms with Crippen molar-refractivity contribution in [2.24, 2.45) is 5.73 Å². The Balaban J connectivity index is 1.58. The van der Waals surface area contributed by atoms with Crippen LogP contribution >= 0.6 is 11.6 Å². The maximum atomic E-state index is 14.2. The van der Waals surface area contributed by atoms with Gasteiger partial charge in [0.1, 0.15) is 10.7 Å². The zero-order valence-corrected chi connectivity index (χ0v) is 21.5. The number of phenols is 1. The van der Waals surface area contributed by atoms with E-state index >= 15 is 0 Å². The molecule has 4 N–H and O–H groups in total. The number of piperidine rings is 1. The molecule has 37 heavy (non-hydrogen) atoms. The SMILES string of the molecule is CS(=O)(=O)c1cnc2ccc(-c3cc(F)c(O)c(Cl)c3)cc2c1Nc1ccc(N2CCCC(N)C2)nc1. The number of benzene rings is 2. The summed E-state index contributed by atoms with van der Waals surface area (Å²) in [6.45, 7) is 1.61. The van der Waals surface area contributed by atoms with Gasteiger partial charge in [0.25, 0.3) is 0 Å². The van der Waals surface area contributed by atoms with Crippen LogP contribution in [-0.4, -0.2) is 48.9 Å². The van der Waals surface area contributed by atoms with Crippen LogP contribution in [0.3, 0.4) is 0 Å². The quantitative estimate of drug-likeness (QED) is 0.327. The number of nitrogens with zero attached hydrogens (tertiary/aromatic N) is 3. The number of halogens is 2. The van der Waals surface area contributed by atoms with E-state index in [0.29, 0.717) is 33.4 Å². The van der Waals surface area contributed by atoms with Crippen LogP contribution in [0.15, 0.2) is 59.8 Å². The second-order valence-electron chi connectivity index (χ2n) is 9.17. The van der Waals surface area contributed by atoms with E-state index in [9.17, 15) is 17.9 Å². The Kier molecular flexibility index (Phi) is 6.65. The summed E-state index contributed by atoms with van der Waals surface area (Å²) in [5, 5.41) is 13.3. The van der Waals surface area contributed by atoms with E-state index in [2.05, 4.69) is 20.2 Å². The van der Waals surface area contributed by atoms with Gasteiger partial charge < -0.3 is 21.1 Å². The predicted molar refractivity (Wildman–Crippen MR) is 144 cm³/mol. The summed E-state index contributed by atoms with van der Waals surface area (Å²) in [5.41, 5.74) is 8.54. The number of nitrogens with one attached hydrogen (secondary N) is 1. The first-order valence-corrected chi connectivity index (χ1v) is 13.9. The molecule has 1 aliphatic rings. The van der Waals surface area contributed by atoms with Crippen LogP contribution in [0.5, 0.6) is 5.75 Å². The highest BCUT2D eigenvalue weighted by Crippen LogP contribution is 2.37. The van der Waals surface area contributed by atoms with Gasteiger partial charge in [-0.05, 0) is 60.4 Å². The Morgan fingerprint density at radius 2 is 1.95 bits per heavy atom. The van der Waals surface area contributed by atoms with Crippen molar-refractivity contribution in [2.75, 3.05) is 29.6 Å². The first-order chi connectivity index (χ1) is 17.6. The summed E-state index contributed by atoms with van der Waals surface area (Å²) < 4.78 is 39.5. The van der Waals surface area contributed by atoms with Crippen LogP contribution in [0.25, 0.3) is 22.0 Å². The van der Waals surface area contributed by atoms with Crippen molar-refractivity contribution in [3.05, 3.63) is 65.7 Å². The monoisotopic (exact) mass is 541 g/mol. The topological polar surface area (TPSA) is 121 Å². The number of aromatic nitrogens is 2. The third-order valence-electron chi connectivity index (χ3n) is 6.38. The predicted octanol–water partition coefficient (Wildman–Crippen LogP) is 4.87. The van der Waals surface area contributed by atoms with Crippen molar-refractivity contribution in [2.45, 2.75) is 23.8 Å². The highest BCUT2D eigenvalue weighted by Gasteiger charge is 2.20. The molecule has 0 aliphatic carbocycles. The van der Waals surface area contributed by atoms with Gasteiger partial charge in [-0.15, -0.1) is 0 Å². The summed E-state index contributed by atoms with van der Waals surface area (Å²) in [5.74, 6) is -0.681. The van der Waals surface area contributed by atoms with Gasteiger partial charge in [0.2, 0.25) is 0 Å². The molecule has 1 saturated heterocycles. The maximum absolute atomic E-state index is 14.2. The molecule has 1 atom stereocenters. The van der Waals surface area contributed by atoms with E-state index in [1.165, 1.54) is 18.3 Å². The van der Waals surface area contributed by atoms with E-state index in [-0.39, 0.29) is 16.0 Å². The largest absolute Gasteiger partial charge is 0.504 e. The van der Waals surface area contributed by atoms with Crippen LogP contribution in [0.4, 0.5) is 21.6 Å². The van der Waals surface area contributed by atoms with Crippen molar-refractivity contribution in [1.29, 1.82) is 0 Å². The molecule has 5 rings (SSSR count). The zero-order chi connectivity index (χ0) is 26.3. The number of fused-ring (bicyclic) bond motifs is 1. The van der Waals surface area contributed by atoms with Crippen molar-refractivity contribution in [1.82, 2.24) is 9.97 Å². The fourth-order valence-corrected chi connectivity index (χ4v) is 5.49. The van der Waals surface area contributed by atoms with E-state index in [0.717, 1.165) is 38.0 Å². The smallest absolute Gasteiger partial charge is 0.179 e. The van der Waals surface area contributed by atoms with Crippen LogP contribution in [0.2, 0.25) is 5.02 Å². The Hall–Kier alpha value is -3.47. The van der Waals surface area contributed by atoms with Crippen molar-refractivity contribution < 1.29 is 17.9 Å². The number of nitrogens with two attached hydrogens (primary N) is 1. The number of hydrogen-bond acceptors (Lipinski definition) is 8. The second-order valence-corrected chi connectivity index (χ2v) is 11.6. The summed E-state index contributed by atoms with van der Waals surface area (Å²) in [4.78, 5) is 11.0. The number of phenolic OH excluding ortho intramolecular Hbond substituents is 1. The van der Waals surface area contributed by atoms with Gasteiger partial charge in [-0.25, -0.2) is 17.8 Å². The number of hydrogen-bond donors (Lipinski definition) is 3. The van der Waals surface area contributed by atoms with Gasteiger partial charge in [0.05, 0.1) is 28.1 Å². The van der Waals surface area contributed by atoms with Gasteiger partial charge in [0, 0.05) is 37.0 Å². The molecule has 0 amide bonds. The molecule has 11 heteroatoms. The summed E-state index contributed by atoms with van der Waals surface area (Å²) in [6.07, 6.45) is 6.06. The van der Waals surface area contributed by atoms with Crippen molar-refractivity contribution in [3.8, 4) is 16.9 Å². The number of anilines is 3. The molecule has 8 nitrogen and oxygen atoms in total. The minimum Gasteiger partial charge on any atom is -0.504 e. The Morgan fingerprint density at radius 3 is 2.62 bits per heavy atom. The number of sulfone groups is 1. The summed E-state index contributed by atoms with van der Waals surface area (Å²) in [7, 11) is -3.65. The Bertz CT molecular complexity index is 1580. The van der Waals surface area contributed by atoms with Gasteiger partial charge in [-0.2, -0.15) is 0 Å². The minimum absolute atomic E-state index is 0.0122. The maximum Gasteiger partial charge on any atom is 0.179 e. The molecule has 2 aromatic heterocycles. The van der Waals surface area contributed by atoms with Gasteiger partial charge in [-0.3, -0.25) is 4.98 Å². The molecule has 1 fully saturated rings. The lowest BCUT2D eigenvalue weighted by Gasteiger charge is -2.31. The number of rotatable bonds is 5. The van der Waals surface area contributed by atoms with E-state index in [4.69, 9.17) is 17.3 Å².